The van der Waals surface area contributed by atoms with Gasteiger partial charge in [0.25, 0.3) is 0 Å². The van der Waals surface area contributed by atoms with E-state index in [4.69, 9.17) is 10.8 Å². The Labute approximate surface area is 174 Å². The Morgan fingerprint density at radius 2 is 1.87 bits per heavy atom. The number of hydrogen-bond donors (Lipinski definition) is 5. The third-order valence-electron chi connectivity index (χ3n) is 4.34. The number of nitrogens with two attached hydrogens (primary N) is 1. The first-order valence-corrected chi connectivity index (χ1v) is 9.16. The van der Waals surface area contributed by atoms with E-state index >= 15 is 0 Å². The number of quaternary nitrogens is 1. The van der Waals surface area contributed by atoms with Gasteiger partial charge >= 0.3 is 5.97 Å². The van der Waals surface area contributed by atoms with Crippen molar-refractivity contribution in [3.8, 4) is 5.75 Å². The van der Waals surface area contributed by atoms with Gasteiger partial charge < -0.3 is 40.4 Å². The number of carbonyl (C=O) groups excluding carboxylic acids is 2. The summed E-state index contributed by atoms with van der Waals surface area (Å²) < 4.78 is 0.309. The fourth-order valence-corrected chi connectivity index (χ4v) is 2.97. The summed E-state index contributed by atoms with van der Waals surface area (Å²) in [6, 6.07) is 3.97. The van der Waals surface area contributed by atoms with Gasteiger partial charge in [-0.3, -0.25) is 9.59 Å². The average Bonchev–Trinajstić information content (AvgIpc) is 2.94. The molecule has 1 aromatic heterocycles. The highest BCUT2D eigenvalue weighted by Crippen LogP contribution is 2.23. The summed E-state index contributed by atoms with van der Waals surface area (Å²) in [5, 5.41) is 39.1. The number of phenolic OH excluding ortho intramolecular Hbond substituents is 1. The number of nitrogens with zero attached hydrogens (tertiary/aromatic N) is 1. The summed E-state index contributed by atoms with van der Waals surface area (Å²) in [5.41, 5.74) is 5.28. The van der Waals surface area contributed by atoms with E-state index in [1.54, 1.807) is 45.5 Å². The summed E-state index contributed by atoms with van der Waals surface area (Å²) in [4.78, 5) is 35.1. The fraction of sp³-hybridized carbons (Fsp3) is 0.450. The monoisotopic (exact) mass is 423 g/mol. The van der Waals surface area contributed by atoms with Crippen LogP contribution in [0.1, 0.15) is 18.9 Å². The van der Waals surface area contributed by atoms with Gasteiger partial charge in [0, 0.05) is 35.9 Å². The maximum absolute atomic E-state index is 11.1. The molecule has 0 unspecified atom stereocenters. The fourth-order valence-electron chi connectivity index (χ4n) is 2.97. The number of H-pyrrole nitrogens is 1. The molecule has 0 amide bonds. The molecule has 0 saturated carbocycles. The van der Waals surface area contributed by atoms with Gasteiger partial charge in [0.1, 0.15) is 18.3 Å². The molecular formula is C20H29N3O7. The number of likely N-dealkylation sites (N-methyl/N-ethyl adjacent to an activating group) is 1. The second-order valence-corrected chi connectivity index (χ2v) is 8.28. The summed E-state index contributed by atoms with van der Waals surface area (Å²) in [6.45, 7) is 1.23. The third-order valence-corrected chi connectivity index (χ3v) is 4.34. The first kappa shape index (κ1) is 25.1. The van der Waals surface area contributed by atoms with Crippen molar-refractivity contribution in [1.82, 2.24) is 4.98 Å². The van der Waals surface area contributed by atoms with E-state index in [1.807, 2.05) is 0 Å². The number of aliphatic carboxylic acids is 2. The Hall–Kier alpha value is -2.95. The van der Waals surface area contributed by atoms with E-state index in [0.29, 0.717) is 4.48 Å². The first-order chi connectivity index (χ1) is 13.6. The lowest BCUT2D eigenvalue weighted by Crippen LogP contribution is -2.55. The first-order valence-electron chi connectivity index (χ1n) is 9.16. The number of hydrogen-bond acceptors (Lipinski definition) is 7. The lowest BCUT2D eigenvalue weighted by atomic mass is 9.94. The zero-order valence-electron chi connectivity index (χ0n) is 17.5. The van der Waals surface area contributed by atoms with Crippen LogP contribution in [0.5, 0.6) is 5.75 Å². The minimum Gasteiger partial charge on any atom is -0.550 e. The molecule has 0 aliphatic rings. The molecule has 2 rings (SSSR count). The zero-order chi connectivity index (χ0) is 23.3. The van der Waals surface area contributed by atoms with Gasteiger partial charge in [-0.1, -0.05) is 0 Å². The second-order valence-electron chi connectivity index (χ2n) is 8.28. The second kappa shape index (κ2) is 9.70. The lowest BCUT2D eigenvalue weighted by molar-refractivity contribution is -0.875. The number of aliphatic hydroxyl groups is 1. The van der Waals surface area contributed by atoms with Crippen molar-refractivity contribution in [3.05, 3.63) is 30.0 Å². The molecule has 0 spiro atoms. The average molecular weight is 423 g/mol. The zero-order valence-corrected chi connectivity index (χ0v) is 17.5. The molecule has 2 aromatic rings. The SMILES string of the molecule is CC(=O)[C@@](O)(CC(=O)[O-])C[N+](C)(C)C.N[C@@H](Cc1c[nH]c2ccc(O)cc12)C(=O)O. The molecule has 2 atom stereocenters. The molecule has 1 aromatic carbocycles. The molecule has 0 aliphatic carbocycles. The number of rotatable bonds is 8. The maximum Gasteiger partial charge on any atom is 0.320 e. The summed E-state index contributed by atoms with van der Waals surface area (Å²) in [7, 11) is 5.30. The van der Waals surface area contributed by atoms with Crippen LogP contribution in [0.3, 0.4) is 0 Å². The van der Waals surface area contributed by atoms with Crippen LogP contribution in [-0.4, -0.2) is 81.8 Å². The number of aromatic hydroxyl groups is 1. The van der Waals surface area contributed by atoms with Gasteiger partial charge in [-0.2, -0.15) is 0 Å². The molecule has 0 radical (unpaired) electrons. The van der Waals surface area contributed by atoms with Gasteiger partial charge in [-0.05, 0) is 30.7 Å². The lowest BCUT2D eigenvalue weighted by Gasteiger charge is -2.34. The van der Waals surface area contributed by atoms with Gasteiger partial charge in [-0.15, -0.1) is 0 Å². The normalized spacial score (nSPS) is 14.3. The summed E-state index contributed by atoms with van der Waals surface area (Å²) in [5.74, 6) is -2.85. The highest BCUT2D eigenvalue weighted by atomic mass is 16.4. The molecule has 166 valence electrons. The van der Waals surface area contributed by atoms with Crippen LogP contribution >= 0.6 is 0 Å². The summed E-state index contributed by atoms with van der Waals surface area (Å²) in [6.07, 6.45) is 1.30. The van der Waals surface area contributed by atoms with Gasteiger partial charge in [0.2, 0.25) is 0 Å². The molecule has 1 heterocycles. The number of carboxylic acid groups (broad SMARTS) is 2. The standard InChI is InChI=1S/C11H12N2O3.C9H17NO4/c12-9(11(15)16)3-6-5-13-10-2-1-7(14)4-8(6)10;1-7(11)9(14,5-8(12)13)6-10(2,3)4/h1-2,4-5,9,13-14H,3,12H2,(H,15,16);14H,5-6H2,1-4H3/t2*9-/m01/s1. The Kier molecular flexibility index (Phi) is 8.11. The van der Waals surface area contributed by atoms with Crippen LogP contribution in [0, 0.1) is 0 Å². The molecule has 6 N–H and O–H groups in total. The third kappa shape index (κ3) is 7.47. The van der Waals surface area contributed by atoms with E-state index in [1.165, 1.54) is 6.92 Å². The van der Waals surface area contributed by atoms with Crippen molar-refractivity contribution in [2.75, 3.05) is 27.7 Å². The van der Waals surface area contributed by atoms with Crippen molar-refractivity contribution >= 4 is 28.6 Å². The van der Waals surface area contributed by atoms with Crippen LogP contribution in [0.15, 0.2) is 24.4 Å². The number of phenols is 1. The highest BCUT2D eigenvalue weighted by Gasteiger charge is 2.38. The van der Waals surface area contributed by atoms with Crippen molar-refractivity contribution < 1.29 is 39.3 Å². The Morgan fingerprint density at radius 3 is 2.33 bits per heavy atom. The number of Topliss-reactive ketones (excluding diaryl/α,β-unsaturated/α-hetero) is 1. The van der Waals surface area contributed by atoms with Crippen LogP contribution in [-0.2, 0) is 20.8 Å². The largest absolute Gasteiger partial charge is 0.550 e. The van der Waals surface area contributed by atoms with Crippen LogP contribution in [0.25, 0.3) is 10.9 Å². The number of benzene rings is 1. The smallest absolute Gasteiger partial charge is 0.320 e. The molecule has 10 nitrogen and oxygen atoms in total. The van der Waals surface area contributed by atoms with Crippen LogP contribution in [0.4, 0.5) is 0 Å². The molecule has 0 saturated heterocycles. The number of carboxylic acids is 2. The van der Waals surface area contributed by atoms with E-state index in [2.05, 4.69) is 4.98 Å². The number of fused-ring (bicyclic) bond motifs is 1. The van der Waals surface area contributed by atoms with Gasteiger partial charge in [0.15, 0.2) is 11.4 Å². The molecule has 10 heteroatoms. The molecule has 0 bridgehead atoms. The Balaban J connectivity index is 0.000000304. The van der Waals surface area contributed by atoms with Crippen molar-refractivity contribution in [2.24, 2.45) is 5.73 Å². The van der Waals surface area contributed by atoms with Crippen LogP contribution < -0.4 is 10.8 Å². The number of carbonyl (C=O) groups is 3. The quantitative estimate of drug-likeness (QED) is 0.335. The maximum atomic E-state index is 11.1. The van der Waals surface area contributed by atoms with E-state index in [9.17, 15) is 29.7 Å². The summed E-state index contributed by atoms with van der Waals surface area (Å²) >= 11 is 0. The molecule has 30 heavy (non-hydrogen) atoms. The van der Waals surface area contributed by atoms with E-state index in [-0.39, 0.29) is 18.7 Å². The van der Waals surface area contributed by atoms with E-state index < -0.39 is 35.8 Å². The Morgan fingerprint density at radius 1 is 1.27 bits per heavy atom. The van der Waals surface area contributed by atoms with E-state index in [0.717, 1.165) is 16.5 Å². The molecular weight excluding hydrogens is 394 g/mol. The van der Waals surface area contributed by atoms with Gasteiger partial charge in [-0.25, -0.2) is 0 Å². The molecule has 0 aliphatic heterocycles. The number of nitrogens with one attached hydrogen (secondary N) is 1. The molecule has 0 fully saturated rings. The van der Waals surface area contributed by atoms with Crippen molar-refractivity contribution in [2.45, 2.75) is 31.4 Å². The predicted octanol–water partition coefficient (Wildman–Crippen LogP) is -1.02. The predicted molar refractivity (Wildman–Crippen MR) is 107 cm³/mol. The minimum atomic E-state index is -1.82. The topological polar surface area (TPSA) is 177 Å². The van der Waals surface area contributed by atoms with Gasteiger partial charge in [0.05, 0.1) is 21.1 Å². The highest BCUT2D eigenvalue weighted by molar-refractivity contribution is 5.88. The van der Waals surface area contributed by atoms with Crippen molar-refractivity contribution in [3.63, 3.8) is 0 Å². The number of aromatic amines is 1. The Bertz CT molecular complexity index is 917. The van der Waals surface area contributed by atoms with Crippen LogP contribution in [0.2, 0.25) is 0 Å². The minimum absolute atomic E-state index is 0.0519. The number of ketones is 1. The number of aromatic nitrogens is 1. The van der Waals surface area contributed by atoms with Crippen molar-refractivity contribution in [1.29, 1.82) is 0 Å².